The van der Waals surface area contributed by atoms with Crippen molar-refractivity contribution in [2.75, 3.05) is 12.4 Å². The Labute approximate surface area is 114 Å². The summed E-state index contributed by atoms with van der Waals surface area (Å²) in [4.78, 5) is 15.6. The highest BCUT2D eigenvalue weighted by Gasteiger charge is 2.15. The Kier molecular flexibility index (Phi) is 4.24. The Morgan fingerprint density at radius 3 is 2.80 bits per heavy atom. The van der Waals surface area contributed by atoms with E-state index in [1.54, 1.807) is 12.1 Å². The first-order valence-corrected chi connectivity index (χ1v) is 5.96. The van der Waals surface area contributed by atoms with E-state index in [1.807, 2.05) is 0 Å². The molecule has 0 unspecified atom stereocenters. The fraction of sp³-hybridized carbons (Fsp3) is 0.143. The Bertz CT molecular complexity index is 632. The topological polar surface area (TPSA) is 54.0 Å². The third-order valence-electron chi connectivity index (χ3n) is 2.71. The van der Waals surface area contributed by atoms with Gasteiger partial charge in [0.15, 0.2) is 11.6 Å². The van der Waals surface area contributed by atoms with Crippen LogP contribution in [0.25, 0.3) is 0 Å². The van der Waals surface area contributed by atoms with Gasteiger partial charge < -0.3 is 10.6 Å². The number of carbonyl (C=O) groups excluding carboxylic acids is 1. The number of aromatic nitrogens is 1. The predicted octanol–water partition coefficient (Wildman–Crippen LogP) is 2.33. The SMILES string of the molecule is CNc1nccc(C(=O)NCc2cccc(F)c2)c1F. The molecule has 0 aliphatic carbocycles. The lowest BCUT2D eigenvalue weighted by molar-refractivity contribution is 0.0946. The van der Waals surface area contributed by atoms with Gasteiger partial charge in [-0.25, -0.2) is 13.8 Å². The first kappa shape index (κ1) is 13.9. The summed E-state index contributed by atoms with van der Waals surface area (Å²) in [6.45, 7) is 0.118. The molecule has 20 heavy (non-hydrogen) atoms. The van der Waals surface area contributed by atoms with E-state index in [0.29, 0.717) is 5.56 Å². The van der Waals surface area contributed by atoms with Gasteiger partial charge in [-0.15, -0.1) is 0 Å². The number of halogens is 2. The van der Waals surface area contributed by atoms with E-state index in [2.05, 4.69) is 15.6 Å². The molecule has 2 aromatic rings. The van der Waals surface area contributed by atoms with Crippen LogP contribution in [0.2, 0.25) is 0 Å². The summed E-state index contributed by atoms with van der Waals surface area (Å²) in [7, 11) is 1.51. The molecular formula is C14H13F2N3O. The van der Waals surface area contributed by atoms with Crippen LogP contribution in [0, 0.1) is 11.6 Å². The van der Waals surface area contributed by atoms with Gasteiger partial charge in [-0.2, -0.15) is 0 Å². The van der Waals surface area contributed by atoms with Gasteiger partial charge in [-0.1, -0.05) is 12.1 Å². The molecule has 0 bridgehead atoms. The summed E-state index contributed by atoms with van der Waals surface area (Å²) in [6, 6.07) is 7.13. The third kappa shape index (κ3) is 3.09. The van der Waals surface area contributed by atoms with E-state index >= 15 is 0 Å². The smallest absolute Gasteiger partial charge is 0.254 e. The summed E-state index contributed by atoms with van der Waals surface area (Å²) in [5, 5.41) is 5.09. The van der Waals surface area contributed by atoms with Crippen molar-refractivity contribution in [3.05, 3.63) is 59.3 Å². The Morgan fingerprint density at radius 2 is 2.10 bits per heavy atom. The third-order valence-corrected chi connectivity index (χ3v) is 2.71. The van der Waals surface area contributed by atoms with E-state index < -0.39 is 11.7 Å². The van der Waals surface area contributed by atoms with Crippen LogP contribution in [-0.4, -0.2) is 17.9 Å². The lowest BCUT2D eigenvalue weighted by atomic mass is 10.2. The van der Waals surface area contributed by atoms with Crippen molar-refractivity contribution in [2.24, 2.45) is 0 Å². The van der Waals surface area contributed by atoms with Crippen LogP contribution in [0.1, 0.15) is 15.9 Å². The van der Waals surface area contributed by atoms with Crippen LogP contribution in [0.15, 0.2) is 36.5 Å². The highest BCUT2D eigenvalue weighted by molar-refractivity contribution is 5.95. The average molecular weight is 277 g/mol. The van der Waals surface area contributed by atoms with Gasteiger partial charge in [-0.3, -0.25) is 4.79 Å². The minimum Gasteiger partial charge on any atom is -0.371 e. The Balaban J connectivity index is 2.09. The quantitative estimate of drug-likeness (QED) is 0.902. The lowest BCUT2D eigenvalue weighted by Gasteiger charge is -2.08. The molecule has 0 fully saturated rings. The van der Waals surface area contributed by atoms with Crippen molar-refractivity contribution in [1.29, 1.82) is 0 Å². The van der Waals surface area contributed by atoms with Crippen molar-refractivity contribution in [2.45, 2.75) is 6.54 Å². The largest absolute Gasteiger partial charge is 0.371 e. The zero-order chi connectivity index (χ0) is 14.5. The minimum atomic E-state index is -0.716. The van der Waals surface area contributed by atoms with Gasteiger partial charge in [0, 0.05) is 19.8 Å². The molecule has 2 rings (SSSR count). The number of amides is 1. The molecule has 2 N–H and O–H groups in total. The molecule has 4 nitrogen and oxygen atoms in total. The first-order chi connectivity index (χ1) is 9.61. The number of nitrogens with zero attached hydrogens (tertiary/aromatic N) is 1. The van der Waals surface area contributed by atoms with E-state index in [9.17, 15) is 13.6 Å². The fourth-order valence-electron chi connectivity index (χ4n) is 1.72. The molecule has 0 saturated carbocycles. The second-order valence-electron chi connectivity index (χ2n) is 4.08. The number of pyridine rings is 1. The number of benzene rings is 1. The molecule has 1 aromatic heterocycles. The summed E-state index contributed by atoms with van der Waals surface area (Å²) >= 11 is 0. The van der Waals surface area contributed by atoms with Crippen LogP contribution >= 0.6 is 0 Å². The van der Waals surface area contributed by atoms with Crippen molar-refractivity contribution < 1.29 is 13.6 Å². The molecule has 1 aromatic carbocycles. The highest BCUT2D eigenvalue weighted by atomic mass is 19.1. The Hall–Kier alpha value is -2.50. The average Bonchev–Trinajstić information content (AvgIpc) is 2.45. The number of hydrogen-bond acceptors (Lipinski definition) is 3. The Morgan fingerprint density at radius 1 is 1.30 bits per heavy atom. The van der Waals surface area contributed by atoms with E-state index in [4.69, 9.17) is 0 Å². The van der Waals surface area contributed by atoms with E-state index in [0.717, 1.165) is 0 Å². The molecule has 0 aliphatic heterocycles. The predicted molar refractivity (Wildman–Crippen MR) is 71.3 cm³/mol. The first-order valence-electron chi connectivity index (χ1n) is 5.96. The van der Waals surface area contributed by atoms with E-state index in [-0.39, 0.29) is 23.7 Å². The number of nitrogens with one attached hydrogen (secondary N) is 2. The maximum atomic E-state index is 13.9. The van der Waals surface area contributed by atoms with Gasteiger partial charge in [0.2, 0.25) is 0 Å². The van der Waals surface area contributed by atoms with Gasteiger partial charge in [0.1, 0.15) is 5.82 Å². The van der Waals surface area contributed by atoms with E-state index in [1.165, 1.54) is 31.4 Å². The molecule has 0 atom stereocenters. The minimum absolute atomic E-state index is 0.00315. The zero-order valence-electron chi connectivity index (χ0n) is 10.8. The van der Waals surface area contributed by atoms with Crippen LogP contribution < -0.4 is 10.6 Å². The van der Waals surface area contributed by atoms with Crippen molar-refractivity contribution in [3.8, 4) is 0 Å². The molecule has 6 heteroatoms. The number of carbonyl (C=O) groups is 1. The molecule has 0 spiro atoms. The number of rotatable bonds is 4. The van der Waals surface area contributed by atoms with Gasteiger partial charge in [0.25, 0.3) is 5.91 Å². The highest BCUT2D eigenvalue weighted by Crippen LogP contribution is 2.14. The van der Waals surface area contributed by atoms with Crippen molar-refractivity contribution in [3.63, 3.8) is 0 Å². The van der Waals surface area contributed by atoms with Crippen LogP contribution in [0.4, 0.5) is 14.6 Å². The fourth-order valence-corrected chi connectivity index (χ4v) is 1.72. The molecule has 0 radical (unpaired) electrons. The summed E-state index contributed by atoms with van der Waals surface area (Å²) in [5.74, 6) is -1.68. The van der Waals surface area contributed by atoms with Crippen molar-refractivity contribution in [1.82, 2.24) is 10.3 Å². The standard InChI is InChI=1S/C14H13F2N3O/c1-17-13-12(16)11(5-6-18-13)14(20)19-8-9-3-2-4-10(15)7-9/h2-7H,8H2,1H3,(H,17,18)(H,19,20). The van der Waals surface area contributed by atoms with Gasteiger partial charge in [-0.05, 0) is 23.8 Å². The van der Waals surface area contributed by atoms with Gasteiger partial charge in [0.05, 0.1) is 5.56 Å². The maximum Gasteiger partial charge on any atom is 0.254 e. The molecule has 1 amide bonds. The summed E-state index contributed by atoms with van der Waals surface area (Å²) < 4.78 is 26.9. The van der Waals surface area contributed by atoms with Crippen LogP contribution in [-0.2, 0) is 6.54 Å². The summed E-state index contributed by atoms with van der Waals surface area (Å²) in [6.07, 6.45) is 1.34. The number of anilines is 1. The zero-order valence-corrected chi connectivity index (χ0v) is 10.8. The summed E-state index contributed by atoms with van der Waals surface area (Å²) in [5.41, 5.74) is 0.488. The molecular weight excluding hydrogens is 264 g/mol. The van der Waals surface area contributed by atoms with Gasteiger partial charge >= 0.3 is 0 Å². The molecule has 0 saturated heterocycles. The second kappa shape index (κ2) is 6.10. The molecule has 104 valence electrons. The normalized spacial score (nSPS) is 10.2. The van der Waals surface area contributed by atoms with Crippen LogP contribution in [0.3, 0.4) is 0 Å². The number of hydrogen-bond donors (Lipinski definition) is 2. The second-order valence-corrected chi connectivity index (χ2v) is 4.08. The molecule has 1 heterocycles. The monoisotopic (exact) mass is 277 g/mol. The maximum absolute atomic E-state index is 13.9. The van der Waals surface area contributed by atoms with Crippen LogP contribution in [0.5, 0.6) is 0 Å². The van der Waals surface area contributed by atoms with Crippen molar-refractivity contribution >= 4 is 11.7 Å². The lowest BCUT2D eigenvalue weighted by Crippen LogP contribution is -2.24. The molecule has 0 aliphatic rings.